The third-order valence-electron chi connectivity index (χ3n) is 2.17. The smallest absolute Gasteiger partial charge is 0.254 e. The Bertz CT molecular complexity index is 484. The molecule has 1 N–H and O–H groups in total. The number of halogens is 1. The van der Waals surface area contributed by atoms with Crippen LogP contribution in [-0.4, -0.2) is 42.0 Å². The standard InChI is InChI=1S/C9H15ClN2O3S2/c1-6(2)12(4-5-13)17(14,15)8-7(3)11-9(10)16-8/h6,13H,4-5H2,1-3H3. The Morgan fingerprint density at radius 2 is 2.12 bits per heavy atom. The molecule has 0 aliphatic carbocycles. The maximum atomic E-state index is 12.3. The summed E-state index contributed by atoms with van der Waals surface area (Å²) < 4.78 is 26.2. The van der Waals surface area contributed by atoms with Crippen LogP contribution in [-0.2, 0) is 10.0 Å². The number of aryl methyl sites for hydroxylation is 1. The highest BCUT2D eigenvalue weighted by Crippen LogP contribution is 2.30. The van der Waals surface area contributed by atoms with Crippen LogP contribution in [0.5, 0.6) is 0 Å². The Morgan fingerprint density at radius 3 is 2.47 bits per heavy atom. The summed E-state index contributed by atoms with van der Waals surface area (Å²) in [5.41, 5.74) is 0.392. The minimum Gasteiger partial charge on any atom is -0.395 e. The van der Waals surface area contributed by atoms with Crippen molar-refractivity contribution in [1.82, 2.24) is 9.29 Å². The number of nitrogens with zero attached hydrogens (tertiary/aromatic N) is 2. The molecule has 0 amide bonds. The Balaban J connectivity index is 3.21. The molecule has 0 spiro atoms. The zero-order valence-corrected chi connectivity index (χ0v) is 12.2. The summed E-state index contributed by atoms with van der Waals surface area (Å²) in [5, 5.41) is 8.93. The van der Waals surface area contributed by atoms with E-state index < -0.39 is 10.0 Å². The second-order valence-corrected chi connectivity index (χ2v) is 7.44. The maximum Gasteiger partial charge on any atom is 0.254 e. The molecule has 17 heavy (non-hydrogen) atoms. The topological polar surface area (TPSA) is 70.5 Å². The summed E-state index contributed by atoms with van der Waals surface area (Å²) in [6.07, 6.45) is 0. The molecule has 0 aliphatic rings. The van der Waals surface area contributed by atoms with E-state index in [-0.39, 0.29) is 27.9 Å². The molecule has 0 bridgehead atoms. The molecule has 0 radical (unpaired) electrons. The van der Waals surface area contributed by atoms with Crippen LogP contribution in [0.4, 0.5) is 0 Å². The molecule has 0 aromatic carbocycles. The monoisotopic (exact) mass is 298 g/mol. The Labute approximate surface area is 110 Å². The molecule has 0 saturated heterocycles. The number of rotatable bonds is 5. The van der Waals surface area contributed by atoms with Crippen LogP contribution in [0.1, 0.15) is 19.5 Å². The summed E-state index contributed by atoms with van der Waals surface area (Å²) in [6.45, 7) is 4.96. The van der Waals surface area contributed by atoms with Crippen molar-refractivity contribution in [3.63, 3.8) is 0 Å². The van der Waals surface area contributed by atoms with Gasteiger partial charge in [-0.15, -0.1) is 0 Å². The number of aromatic nitrogens is 1. The third-order valence-corrected chi connectivity index (χ3v) is 6.09. The van der Waals surface area contributed by atoms with Crippen molar-refractivity contribution in [1.29, 1.82) is 0 Å². The van der Waals surface area contributed by atoms with Gasteiger partial charge in [-0.25, -0.2) is 13.4 Å². The van der Waals surface area contributed by atoms with Crippen molar-refractivity contribution in [2.24, 2.45) is 0 Å². The molecule has 1 heterocycles. The molecule has 98 valence electrons. The fraction of sp³-hybridized carbons (Fsp3) is 0.667. The number of aliphatic hydroxyl groups excluding tert-OH is 1. The molecule has 1 rings (SSSR count). The van der Waals surface area contributed by atoms with E-state index in [4.69, 9.17) is 16.7 Å². The van der Waals surface area contributed by atoms with E-state index in [1.54, 1.807) is 20.8 Å². The molecule has 1 aromatic heterocycles. The van der Waals surface area contributed by atoms with Crippen LogP contribution in [0.2, 0.25) is 4.47 Å². The highest BCUT2D eigenvalue weighted by Gasteiger charge is 2.30. The van der Waals surface area contributed by atoms with Crippen molar-refractivity contribution in [2.45, 2.75) is 31.0 Å². The highest BCUT2D eigenvalue weighted by molar-refractivity contribution is 7.91. The Hall–Kier alpha value is -0.210. The van der Waals surface area contributed by atoms with Gasteiger partial charge < -0.3 is 5.11 Å². The van der Waals surface area contributed by atoms with Gasteiger partial charge in [0.2, 0.25) is 0 Å². The third kappa shape index (κ3) is 3.17. The van der Waals surface area contributed by atoms with E-state index in [0.29, 0.717) is 5.69 Å². The molecule has 0 atom stereocenters. The molecule has 1 aromatic rings. The van der Waals surface area contributed by atoms with Crippen molar-refractivity contribution >= 4 is 33.0 Å². The van der Waals surface area contributed by atoms with Gasteiger partial charge in [-0.05, 0) is 20.8 Å². The number of sulfonamides is 1. The van der Waals surface area contributed by atoms with Gasteiger partial charge in [0.1, 0.15) is 0 Å². The Kier molecular flexibility index (Phi) is 4.91. The molecular formula is C9H15ClN2O3S2. The first-order valence-corrected chi connectivity index (χ1v) is 7.69. The van der Waals surface area contributed by atoms with E-state index in [0.717, 1.165) is 11.3 Å². The predicted octanol–water partition coefficient (Wildman–Crippen LogP) is 1.50. The molecule has 0 fully saturated rings. The maximum absolute atomic E-state index is 12.3. The summed E-state index contributed by atoms with van der Waals surface area (Å²) in [4.78, 5) is 3.89. The predicted molar refractivity (Wildman–Crippen MR) is 68.0 cm³/mol. The van der Waals surface area contributed by atoms with Crippen LogP contribution >= 0.6 is 22.9 Å². The van der Waals surface area contributed by atoms with Crippen molar-refractivity contribution in [2.75, 3.05) is 13.2 Å². The van der Waals surface area contributed by atoms with Gasteiger partial charge in [-0.2, -0.15) is 4.31 Å². The van der Waals surface area contributed by atoms with E-state index in [1.165, 1.54) is 4.31 Å². The van der Waals surface area contributed by atoms with Crippen molar-refractivity contribution in [3.05, 3.63) is 10.2 Å². The van der Waals surface area contributed by atoms with Gasteiger partial charge in [-0.3, -0.25) is 0 Å². The second kappa shape index (κ2) is 5.62. The van der Waals surface area contributed by atoms with Gasteiger partial charge >= 0.3 is 0 Å². The van der Waals surface area contributed by atoms with E-state index in [1.807, 2.05) is 0 Å². The molecule has 0 saturated carbocycles. The van der Waals surface area contributed by atoms with Gasteiger partial charge in [0, 0.05) is 12.6 Å². The summed E-state index contributed by atoms with van der Waals surface area (Å²) in [6, 6.07) is -0.229. The van der Waals surface area contributed by atoms with Crippen molar-refractivity contribution in [3.8, 4) is 0 Å². The quantitative estimate of drug-likeness (QED) is 0.894. The molecular weight excluding hydrogens is 284 g/mol. The van der Waals surface area contributed by atoms with E-state index in [2.05, 4.69) is 4.98 Å². The first kappa shape index (κ1) is 14.8. The van der Waals surface area contributed by atoms with Gasteiger partial charge in [-0.1, -0.05) is 22.9 Å². The first-order chi connectivity index (χ1) is 7.80. The summed E-state index contributed by atoms with van der Waals surface area (Å²) >= 11 is 6.64. The van der Waals surface area contributed by atoms with Crippen LogP contribution < -0.4 is 0 Å². The average molecular weight is 299 g/mol. The highest BCUT2D eigenvalue weighted by atomic mass is 35.5. The minimum absolute atomic E-state index is 0.0644. The lowest BCUT2D eigenvalue weighted by Crippen LogP contribution is -2.38. The van der Waals surface area contributed by atoms with Gasteiger partial charge in [0.05, 0.1) is 12.3 Å². The van der Waals surface area contributed by atoms with Crippen LogP contribution in [0.25, 0.3) is 0 Å². The molecule has 5 nitrogen and oxygen atoms in total. The molecule has 8 heteroatoms. The average Bonchev–Trinajstić information content (AvgIpc) is 2.54. The number of hydrogen-bond donors (Lipinski definition) is 1. The zero-order valence-electron chi connectivity index (χ0n) is 9.84. The van der Waals surface area contributed by atoms with Crippen molar-refractivity contribution < 1.29 is 13.5 Å². The lowest BCUT2D eigenvalue weighted by Gasteiger charge is -2.24. The largest absolute Gasteiger partial charge is 0.395 e. The molecule has 0 aliphatic heterocycles. The lowest BCUT2D eigenvalue weighted by molar-refractivity contribution is 0.236. The number of hydrogen-bond acceptors (Lipinski definition) is 5. The minimum atomic E-state index is -3.63. The SMILES string of the molecule is Cc1nc(Cl)sc1S(=O)(=O)N(CCO)C(C)C. The number of aliphatic hydroxyl groups is 1. The normalized spacial score (nSPS) is 12.6. The number of thiazole rings is 1. The fourth-order valence-electron chi connectivity index (χ4n) is 1.45. The summed E-state index contributed by atoms with van der Waals surface area (Å²) in [7, 11) is -3.63. The zero-order chi connectivity index (χ0) is 13.2. The first-order valence-electron chi connectivity index (χ1n) is 5.06. The lowest BCUT2D eigenvalue weighted by atomic mass is 10.4. The second-order valence-electron chi connectivity index (χ2n) is 3.77. The van der Waals surface area contributed by atoms with E-state index in [9.17, 15) is 8.42 Å². The summed E-state index contributed by atoms with van der Waals surface area (Å²) in [5.74, 6) is 0. The molecule has 0 unspecified atom stereocenters. The fourth-order valence-corrected chi connectivity index (χ4v) is 4.93. The van der Waals surface area contributed by atoms with E-state index >= 15 is 0 Å². The Morgan fingerprint density at radius 1 is 1.53 bits per heavy atom. The van der Waals surface area contributed by atoms with Gasteiger partial charge in [0.25, 0.3) is 10.0 Å². The van der Waals surface area contributed by atoms with Crippen LogP contribution in [0.3, 0.4) is 0 Å². The van der Waals surface area contributed by atoms with Gasteiger partial charge in [0.15, 0.2) is 8.68 Å². The van der Waals surface area contributed by atoms with Crippen LogP contribution in [0.15, 0.2) is 4.21 Å². The van der Waals surface area contributed by atoms with Crippen LogP contribution in [0, 0.1) is 6.92 Å².